The van der Waals surface area contributed by atoms with E-state index in [0.717, 1.165) is 5.56 Å². The van der Waals surface area contributed by atoms with Crippen LogP contribution in [-0.2, 0) is 11.8 Å². The average Bonchev–Trinajstić information content (AvgIpc) is 2.98. The van der Waals surface area contributed by atoms with Crippen LogP contribution in [0.1, 0.15) is 6.92 Å². The molecule has 0 unspecified atom stereocenters. The van der Waals surface area contributed by atoms with Gasteiger partial charge in [-0.3, -0.25) is 4.79 Å². The molecule has 1 aromatic heterocycles. The van der Waals surface area contributed by atoms with Crippen LogP contribution in [0, 0.1) is 0 Å². The highest BCUT2D eigenvalue weighted by molar-refractivity contribution is 8.00. The van der Waals surface area contributed by atoms with Crippen molar-refractivity contribution in [1.29, 1.82) is 0 Å². The maximum atomic E-state index is 12.4. The van der Waals surface area contributed by atoms with Gasteiger partial charge in [-0.2, -0.15) is 0 Å². The first kappa shape index (κ1) is 18.8. The van der Waals surface area contributed by atoms with E-state index in [9.17, 15) is 4.79 Å². The maximum Gasteiger partial charge on any atom is 0.237 e. The SMILES string of the molecule is C[C@H](Sc1nnc(-c2ccc(Cl)cc2)n1C)C(=O)Nc1ccccc1Cl. The molecule has 1 N–H and O–H groups in total. The predicted octanol–water partition coefficient (Wildman–Crippen LogP) is 4.91. The molecule has 1 heterocycles. The van der Waals surface area contributed by atoms with Gasteiger partial charge in [0.2, 0.25) is 5.91 Å². The third kappa shape index (κ3) is 4.20. The van der Waals surface area contributed by atoms with Crippen molar-refractivity contribution < 1.29 is 4.79 Å². The largest absolute Gasteiger partial charge is 0.324 e. The number of carbonyl (C=O) groups excluding carboxylic acids is 1. The Balaban J connectivity index is 1.71. The molecule has 3 aromatic rings. The molecule has 26 heavy (non-hydrogen) atoms. The molecule has 1 atom stereocenters. The number of nitrogens with zero attached hydrogens (tertiary/aromatic N) is 3. The Kier molecular flexibility index (Phi) is 5.86. The summed E-state index contributed by atoms with van der Waals surface area (Å²) < 4.78 is 1.85. The molecule has 0 aliphatic carbocycles. The zero-order valence-electron chi connectivity index (χ0n) is 14.1. The monoisotopic (exact) mass is 406 g/mol. The van der Waals surface area contributed by atoms with E-state index in [-0.39, 0.29) is 11.2 Å². The molecule has 5 nitrogen and oxygen atoms in total. The highest BCUT2D eigenvalue weighted by Crippen LogP contribution is 2.28. The Bertz CT molecular complexity index is 927. The molecule has 1 amide bonds. The summed E-state index contributed by atoms with van der Waals surface area (Å²) in [6.45, 7) is 1.81. The summed E-state index contributed by atoms with van der Waals surface area (Å²) in [5, 5.41) is 12.7. The minimum absolute atomic E-state index is 0.154. The van der Waals surface area contributed by atoms with Gasteiger partial charge in [0.05, 0.1) is 16.0 Å². The summed E-state index contributed by atoms with van der Waals surface area (Å²) in [5.74, 6) is 0.557. The van der Waals surface area contributed by atoms with Gasteiger partial charge in [-0.1, -0.05) is 47.1 Å². The minimum atomic E-state index is -0.368. The molecular weight excluding hydrogens is 391 g/mol. The van der Waals surface area contributed by atoms with E-state index in [1.807, 2.05) is 42.8 Å². The third-order valence-corrected chi connectivity index (χ3v) is 5.44. The second-order valence-corrected chi connectivity index (χ2v) is 7.75. The lowest BCUT2D eigenvalue weighted by Crippen LogP contribution is -2.23. The molecule has 0 spiro atoms. The summed E-state index contributed by atoms with van der Waals surface area (Å²) in [6.07, 6.45) is 0. The fraction of sp³-hybridized carbons (Fsp3) is 0.167. The van der Waals surface area contributed by atoms with E-state index in [1.165, 1.54) is 11.8 Å². The van der Waals surface area contributed by atoms with Gasteiger partial charge in [-0.05, 0) is 43.3 Å². The fourth-order valence-electron chi connectivity index (χ4n) is 2.28. The van der Waals surface area contributed by atoms with Crippen LogP contribution in [0.2, 0.25) is 10.0 Å². The van der Waals surface area contributed by atoms with Crippen LogP contribution in [0.25, 0.3) is 11.4 Å². The number of halogens is 2. The van der Waals surface area contributed by atoms with Crippen LogP contribution in [-0.4, -0.2) is 25.9 Å². The zero-order chi connectivity index (χ0) is 18.7. The van der Waals surface area contributed by atoms with Crippen molar-refractivity contribution in [3.8, 4) is 11.4 Å². The lowest BCUT2D eigenvalue weighted by atomic mass is 10.2. The number of carbonyl (C=O) groups is 1. The summed E-state index contributed by atoms with van der Waals surface area (Å²) >= 11 is 13.3. The second kappa shape index (κ2) is 8.12. The number of nitrogens with one attached hydrogen (secondary N) is 1. The van der Waals surface area contributed by atoms with Gasteiger partial charge in [0.25, 0.3) is 0 Å². The third-order valence-electron chi connectivity index (χ3n) is 3.72. The number of para-hydroxylation sites is 1. The van der Waals surface area contributed by atoms with Crippen LogP contribution in [0.3, 0.4) is 0 Å². The van der Waals surface area contributed by atoms with E-state index >= 15 is 0 Å². The van der Waals surface area contributed by atoms with Gasteiger partial charge >= 0.3 is 0 Å². The lowest BCUT2D eigenvalue weighted by molar-refractivity contribution is -0.115. The number of amides is 1. The van der Waals surface area contributed by atoms with Crippen LogP contribution < -0.4 is 5.32 Å². The number of benzene rings is 2. The molecule has 0 fully saturated rings. The van der Waals surface area contributed by atoms with Crippen LogP contribution >= 0.6 is 35.0 Å². The molecule has 0 saturated heterocycles. The van der Waals surface area contributed by atoms with Gasteiger partial charge < -0.3 is 9.88 Å². The molecule has 2 aromatic carbocycles. The van der Waals surface area contributed by atoms with Crippen molar-refractivity contribution in [1.82, 2.24) is 14.8 Å². The van der Waals surface area contributed by atoms with E-state index in [2.05, 4.69) is 15.5 Å². The van der Waals surface area contributed by atoms with E-state index in [4.69, 9.17) is 23.2 Å². The van der Waals surface area contributed by atoms with Crippen molar-refractivity contribution in [3.63, 3.8) is 0 Å². The highest BCUT2D eigenvalue weighted by Gasteiger charge is 2.20. The predicted molar refractivity (Wildman–Crippen MR) is 107 cm³/mol. The van der Waals surface area contributed by atoms with Gasteiger partial charge in [0.1, 0.15) is 0 Å². The normalized spacial score (nSPS) is 12.0. The number of hydrogen-bond donors (Lipinski definition) is 1. The number of aromatic nitrogens is 3. The Morgan fingerprint density at radius 3 is 2.50 bits per heavy atom. The van der Waals surface area contributed by atoms with Crippen molar-refractivity contribution in [3.05, 3.63) is 58.6 Å². The first-order valence-electron chi connectivity index (χ1n) is 7.83. The molecule has 0 radical (unpaired) electrons. The quantitative estimate of drug-likeness (QED) is 0.611. The second-order valence-electron chi connectivity index (χ2n) is 5.60. The van der Waals surface area contributed by atoms with Crippen molar-refractivity contribution in [2.75, 3.05) is 5.32 Å². The molecule has 8 heteroatoms. The van der Waals surface area contributed by atoms with Gasteiger partial charge in [-0.15, -0.1) is 10.2 Å². The summed E-state index contributed by atoms with van der Waals surface area (Å²) in [6, 6.07) is 14.5. The van der Waals surface area contributed by atoms with Gasteiger partial charge in [0.15, 0.2) is 11.0 Å². The molecule has 0 aliphatic heterocycles. The maximum absolute atomic E-state index is 12.4. The number of rotatable bonds is 5. The molecule has 3 rings (SSSR count). The van der Waals surface area contributed by atoms with Crippen molar-refractivity contribution in [2.24, 2.45) is 7.05 Å². The molecule has 0 saturated carbocycles. The van der Waals surface area contributed by atoms with E-state index < -0.39 is 0 Å². The number of anilines is 1. The molecule has 0 aliphatic rings. The Labute approximate surface area is 165 Å². The van der Waals surface area contributed by atoms with Crippen LogP contribution in [0.15, 0.2) is 53.7 Å². The smallest absolute Gasteiger partial charge is 0.237 e. The first-order chi connectivity index (χ1) is 12.5. The van der Waals surface area contributed by atoms with Crippen LogP contribution in [0.4, 0.5) is 5.69 Å². The molecular formula is C18H16Cl2N4OS. The Morgan fingerprint density at radius 1 is 1.12 bits per heavy atom. The Hall–Kier alpha value is -2.02. The summed E-state index contributed by atoms with van der Waals surface area (Å²) in [7, 11) is 1.87. The minimum Gasteiger partial charge on any atom is -0.324 e. The molecule has 134 valence electrons. The van der Waals surface area contributed by atoms with E-state index in [0.29, 0.717) is 26.7 Å². The number of thioether (sulfide) groups is 1. The highest BCUT2D eigenvalue weighted by atomic mass is 35.5. The van der Waals surface area contributed by atoms with Crippen LogP contribution in [0.5, 0.6) is 0 Å². The zero-order valence-corrected chi connectivity index (χ0v) is 16.4. The first-order valence-corrected chi connectivity index (χ1v) is 9.46. The summed E-state index contributed by atoms with van der Waals surface area (Å²) in [4.78, 5) is 12.4. The van der Waals surface area contributed by atoms with Gasteiger partial charge in [-0.25, -0.2) is 0 Å². The van der Waals surface area contributed by atoms with Crippen molar-refractivity contribution in [2.45, 2.75) is 17.3 Å². The topological polar surface area (TPSA) is 59.8 Å². The Morgan fingerprint density at radius 2 is 1.81 bits per heavy atom. The van der Waals surface area contributed by atoms with Crippen molar-refractivity contribution >= 4 is 46.6 Å². The molecule has 0 bridgehead atoms. The summed E-state index contributed by atoms with van der Waals surface area (Å²) in [5.41, 5.74) is 1.50. The lowest BCUT2D eigenvalue weighted by Gasteiger charge is -2.12. The standard InChI is InChI=1S/C18H16Cl2N4OS/c1-11(17(25)21-15-6-4-3-5-14(15)20)26-18-23-22-16(24(18)2)12-7-9-13(19)10-8-12/h3-11H,1-2H3,(H,21,25)/t11-/m0/s1. The fourth-order valence-corrected chi connectivity index (χ4v) is 3.40. The number of hydrogen-bond acceptors (Lipinski definition) is 4. The average molecular weight is 407 g/mol. The van der Waals surface area contributed by atoms with E-state index in [1.54, 1.807) is 24.3 Å². The van der Waals surface area contributed by atoms with Gasteiger partial charge in [0, 0.05) is 17.6 Å².